The lowest BCUT2D eigenvalue weighted by molar-refractivity contribution is -0.122. The van der Waals surface area contributed by atoms with Crippen molar-refractivity contribution in [2.24, 2.45) is 0 Å². The molecule has 110 valence electrons. The summed E-state index contributed by atoms with van der Waals surface area (Å²) in [7, 11) is 0. The Morgan fingerprint density at radius 2 is 2.05 bits per heavy atom. The predicted octanol–water partition coefficient (Wildman–Crippen LogP) is 2.17. The highest BCUT2D eigenvalue weighted by atomic mass is 19.1. The van der Waals surface area contributed by atoms with Gasteiger partial charge in [-0.05, 0) is 38.0 Å². The van der Waals surface area contributed by atoms with Crippen LogP contribution in [0.15, 0.2) is 18.2 Å². The van der Waals surface area contributed by atoms with Crippen LogP contribution in [-0.2, 0) is 4.79 Å². The Morgan fingerprint density at radius 3 is 2.65 bits per heavy atom. The third-order valence-electron chi connectivity index (χ3n) is 2.72. The van der Waals surface area contributed by atoms with E-state index in [4.69, 9.17) is 0 Å². The molecule has 0 aliphatic heterocycles. The number of rotatable bonds is 5. The average molecular weight is 281 g/mol. The van der Waals surface area contributed by atoms with E-state index in [1.165, 1.54) is 6.07 Å². The Hall–Kier alpha value is -2.11. The minimum atomic E-state index is -0.656. The van der Waals surface area contributed by atoms with Crippen molar-refractivity contribution in [1.29, 1.82) is 0 Å². The number of urea groups is 1. The van der Waals surface area contributed by atoms with Gasteiger partial charge in [-0.25, -0.2) is 9.18 Å². The Labute approximate surface area is 117 Å². The normalized spacial score (nSPS) is 11.6. The topological polar surface area (TPSA) is 70.2 Å². The molecule has 0 bridgehead atoms. The molecule has 1 rings (SSSR count). The summed E-state index contributed by atoms with van der Waals surface area (Å²) in [5.74, 6) is -0.645. The highest BCUT2D eigenvalue weighted by molar-refractivity contribution is 5.93. The zero-order valence-electron chi connectivity index (χ0n) is 11.9. The highest BCUT2D eigenvalue weighted by Gasteiger charge is 2.14. The second kappa shape index (κ2) is 7.47. The molecule has 0 radical (unpaired) electrons. The summed E-state index contributed by atoms with van der Waals surface area (Å²) in [6.45, 7) is 5.73. The van der Waals surface area contributed by atoms with E-state index in [0.717, 1.165) is 6.42 Å². The van der Waals surface area contributed by atoms with Gasteiger partial charge in [0.2, 0.25) is 5.91 Å². The van der Waals surface area contributed by atoms with Crippen LogP contribution in [0.5, 0.6) is 0 Å². The average Bonchev–Trinajstić information content (AvgIpc) is 2.40. The molecule has 1 aromatic carbocycles. The van der Waals surface area contributed by atoms with Crippen LogP contribution in [0.4, 0.5) is 14.9 Å². The van der Waals surface area contributed by atoms with Crippen LogP contribution in [-0.4, -0.2) is 24.5 Å². The molecule has 20 heavy (non-hydrogen) atoms. The fraction of sp³-hybridized carbons (Fsp3) is 0.429. The summed E-state index contributed by atoms with van der Waals surface area (Å²) >= 11 is 0. The molecule has 1 atom stereocenters. The summed E-state index contributed by atoms with van der Waals surface area (Å²) in [6, 6.07) is 3.20. The van der Waals surface area contributed by atoms with Gasteiger partial charge in [-0.1, -0.05) is 13.0 Å². The first-order chi connectivity index (χ1) is 9.43. The number of benzene rings is 1. The second-order valence-electron chi connectivity index (χ2n) is 4.58. The number of anilines is 1. The maximum Gasteiger partial charge on any atom is 0.319 e. The van der Waals surface area contributed by atoms with E-state index in [1.807, 2.05) is 6.92 Å². The molecule has 3 N–H and O–H groups in total. The Morgan fingerprint density at radius 1 is 1.35 bits per heavy atom. The number of nitrogens with one attached hydrogen (secondary N) is 3. The zero-order chi connectivity index (χ0) is 15.1. The number of amides is 3. The van der Waals surface area contributed by atoms with Gasteiger partial charge in [0.05, 0.1) is 0 Å². The van der Waals surface area contributed by atoms with Crippen LogP contribution in [0.25, 0.3) is 0 Å². The molecule has 0 fully saturated rings. The van der Waals surface area contributed by atoms with Crippen molar-refractivity contribution in [3.05, 3.63) is 29.6 Å². The van der Waals surface area contributed by atoms with Crippen molar-refractivity contribution in [3.8, 4) is 0 Å². The molecule has 3 amide bonds. The number of hydrogen-bond acceptors (Lipinski definition) is 2. The van der Waals surface area contributed by atoms with Gasteiger partial charge in [-0.15, -0.1) is 0 Å². The highest BCUT2D eigenvalue weighted by Crippen LogP contribution is 2.13. The monoisotopic (exact) mass is 281 g/mol. The van der Waals surface area contributed by atoms with Gasteiger partial charge in [-0.3, -0.25) is 4.79 Å². The standard InChI is InChI=1S/C14H20FN3O2/c1-4-7-16-13(19)10(3)17-14(20)18-11-6-5-9(2)12(15)8-11/h5-6,8,10H,4,7H2,1-3H3,(H,16,19)(H2,17,18,20)/t10-/m1/s1. The molecule has 0 saturated carbocycles. The van der Waals surface area contributed by atoms with Crippen molar-refractivity contribution >= 4 is 17.6 Å². The number of aryl methyl sites for hydroxylation is 1. The molecule has 5 nitrogen and oxygen atoms in total. The van der Waals surface area contributed by atoms with E-state index in [-0.39, 0.29) is 5.91 Å². The van der Waals surface area contributed by atoms with Gasteiger partial charge in [0, 0.05) is 12.2 Å². The maximum absolute atomic E-state index is 13.3. The molecule has 0 aliphatic carbocycles. The Balaban J connectivity index is 2.50. The van der Waals surface area contributed by atoms with Crippen molar-refractivity contribution < 1.29 is 14.0 Å². The van der Waals surface area contributed by atoms with Crippen LogP contribution in [0.2, 0.25) is 0 Å². The molecular weight excluding hydrogens is 261 g/mol. The molecular formula is C14H20FN3O2. The number of hydrogen-bond donors (Lipinski definition) is 3. The van der Waals surface area contributed by atoms with Gasteiger partial charge in [0.25, 0.3) is 0 Å². The lowest BCUT2D eigenvalue weighted by Gasteiger charge is -2.14. The Kier molecular flexibility index (Phi) is 5.96. The van der Waals surface area contributed by atoms with Crippen molar-refractivity contribution in [3.63, 3.8) is 0 Å². The summed E-state index contributed by atoms with van der Waals surface area (Å²) in [4.78, 5) is 23.2. The van der Waals surface area contributed by atoms with E-state index in [9.17, 15) is 14.0 Å². The van der Waals surface area contributed by atoms with Gasteiger partial charge in [0.15, 0.2) is 0 Å². The lowest BCUT2D eigenvalue weighted by atomic mass is 10.2. The molecule has 0 aliphatic rings. The van der Waals surface area contributed by atoms with Crippen molar-refractivity contribution in [2.75, 3.05) is 11.9 Å². The molecule has 0 saturated heterocycles. The van der Waals surface area contributed by atoms with Gasteiger partial charge in [-0.2, -0.15) is 0 Å². The molecule has 0 unspecified atom stereocenters. The smallest absolute Gasteiger partial charge is 0.319 e. The minimum absolute atomic E-state index is 0.253. The van der Waals surface area contributed by atoms with Crippen LogP contribution in [0.1, 0.15) is 25.8 Å². The molecule has 0 aromatic heterocycles. The Bertz CT molecular complexity index is 491. The van der Waals surface area contributed by atoms with Crippen LogP contribution in [0.3, 0.4) is 0 Å². The summed E-state index contributed by atoms with van der Waals surface area (Å²) in [5, 5.41) is 7.64. The number of carbonyl (C=O) groups excluding carboxylic acids is 2. The molecule has 6 heteroatoms. The van der Waals surface area contributed by atoms with Crippen molar-refractivity contribution in [2.45, 2.75) is 33.2 Å². The van der Waals surface area contributed by atoms with E-state index in [2.05, 4.69) is 16.0 Å². The van der Waals surface area contributed by atoms with Crippen molar-refractivity contribution in [1.82, 2.24) is 10.6 Å². The molecule has 1 aromatic rings. The molecule has 0 spiro atoms. The first kappa shape index (κ1) is 15.9. The van der Waals surface area contributed by atoms with Gasteiger partial charge >= 0.3 is 6.03 Å². The minimum Gasteiger partial charge on any atom is -0.354 e. The summed E-state index contributed by atoms with van der Waals surface area (Å²) in [6.07, 6.45) is 0.827. The SMILES string of the molecule is CCCNC(=O)[C@@H](C)NC(=O)Nc1ccc(C)c(F)c1. The first-order valence-electron chi connectivity index (χ1n) is 6.55. The fourth-order valence-electron chi connectivity index (χ4n) is 1.50. The first-order valence-corrected chi connectivity index (χ1v) is 6.55. The van der Waals surface area contributed by atoms with E-state index in [1.54, 1.807) is 26.0 Å². The lowest BCUT2D eigenvalue weighted by Crippen LogP contribution is -2.46. The van der Waals surface area contributed by atoms with Crippen LogP contribution in [0, 0.1) is 12.7 Å². The largest absolute Gasteiger partial charge is 0.354 e. The van der Waals surface area contributed by atoms with E-state index < -0.39 is 17.9 Å². The zero-order valence-corrected chi connectivity index (χ0v) is 11.9. The van der Waals surface area contributed by atoms with Gasteiger partial charge < -0.3 is 16.0 Å². The third kappa shape index (κ3) is 4.87. The predicted molar refractivity (Wildman–Crippen MR) is 76.1 cm³/mol. The van der Waals surface area contributed by atoms with Crippen LogP contribution < -0.4 is 16.0 Å². The maximum atomic E-state index is 13.3. The number of halogens is 1. The third-order valence-corrected chi connectivity index (χ3v) is 2.72. The quantitative estimate of drug-likeness (QED) is 0.774. The summed E-state index contributed by atoms with van der Waals surface area (Å²) < 4.78 is 13.3. The van der Waals surface area contributed by atoms with E-state index >= 15 is 0 Å². The van der Waals surface area contributed by atoms with Gasteiger partial charge in [0.1, 0.15) is 11.9 Å². The fourth-order valence-corrected chi connectivity index (χ4v) is 1.50. The van der Waals surface area contributed by atoms with Crippen LogP contribution >= 0.6 is 0 Å². The second-order valence-corrected chi connectivity index (χ2v) is 4.58. The van der Waals surface area contributed by atoms with E-state index in [0.29, 0.717) is 17.8 Å². The molecule has 0 heterocycles. The summed E-state index contributed by atoms with van der Waals surface area (Å²) in [5.41, 5.74) is 0.843. The number of carbonyl (C=O) groups is 2.